The molecule has 0 fully saturated rings. The summed E-state index contributed by atoms with van der Waals surface area (Å²) in [6.45, 7) is 11.2. The van der Waals surface area contributed by atoms with Crippen LogP contribution in [0.3, 0.4) is 0 Å². The Bertz CT molecular complexity index is 324. The number of rotatable bonds is 2. The Morgan fingerprint density at radius 1 is 1.36 bits per heavy atom. The first kappa shape index (κ1) is 12.6. The number of hydrogen-bond donors (Lipinski definition) is 0. The van der Waals surface area contributed by atoms with Gasteiger partial charge in [-0.2, -0.15) is 0 Å². The molecular weight excluding hydrogens is 172 g/mol. The lowest BCUT2D eigenvalue weighted by Crippen LogP contribution is -1.97. The fourth-order valence-corrected chi connectivity index (χ4v) is 1.26. The minimum atomic E-state index is 0.0913. The van der Waals surface area contributed by atoms with Crippen LogP contribution in [0.25, 0.3) is 6.08 Å². The van der Waals surface area contributed by atoms with E-state index in [4.69, 9.17) is 0 Å². The number of aryl methyl sites for hydroxylation is 1. The molecule has 76 valence electrons. The van der Waals surface area contributed by atoms with Crippen LogP contribution < -0.4 is 0 Å². The lowest BCUT2D eigenvalue weighted by molar-refractivity contribution is 0.101. The lowest BCUT2D eigenvalue weighted by Gasteiger charge is -2.04. The molecule has 0 saturated carbocycles. The Hall–Kier alpha value is -1.37. The first-order valence-electron chi connectivity index (χ1n) is 4.90. The predicted octanol–water partition coefficient (Wildman–Crippen LogP) is 3.87. The van der Waals surface area contributed by atoms with Crippen LogP contribution in [0.5, 0.6) is 0 Å². The monoisotopic (exact) mass is 190 g/mol. The minimum Gasteiger partial charge on any atom is -0.294 e. The molecule has 0 heterocycles. The molecular formula is C13H18O. The molecule has 14 heavy (non-hydrogen) atoms. The summed E-state index contributed by atoms with van der Waals surface area (Å²) in [6.07, 6.45) is 1.73. The zero-order valence-corrected chi connectivity index (χ0v) is 9.42. The zero-order chi connectivity index (χ0) is 11.1. The molecule has 0 spiro atoms. The summed E-state index contributed by atoms with van der Waals surface area (Å²) in [5.41, 5.74) is 2.80. The third-order valence-electron chi connectivity index (χ3n) is 1.91. The van der Waals surface area contributed by atoms with Crippen molar-refractivity contribution in [1.82, 2.24) is 0 Å². The molecule has 0 radical (unpaired) electrons. The van der Waals surface area contributed by atoms with E-state index in [-0.39, 0.29) is 5.78 Å². The molecule has 0 unspecified atom stereocenters. The van der Waals surface area contributed by atoms with Crippen molar-refractivity contribution in [3.63, 3.8) is 0 Å². The fraction of sp³-hybridized carbons (Fsp3) is 0.308. The summed E-state index contributed by atoms with van der Waals surface area (Å²) in [5.74, 6) is 0.0913. The van der Waals surface area contributed by atoms with E-state index in [1.807, 2.05) is 39.0 Å². The Morgan fingerprint density at radius 2 is 1.93 bits per heavy atom. The number of benzene rings is 1. The van der Waals surface area contributed by atoms with Crippen LogP contribution in [0.1, 0.15) is 42.3 Å². The highest BCUT2D eigenvalue weighted by atomic mass is 16.1. The van der Waals surface area contributed by atoms with Crippen molar-refractivity contribution in [3.05, 3.63) is 41.5 Å². The summed E-state index contributed by atoms with van der Waals surface area (Å²) < 4.78 is 0. The van der Waals surface area contributed by atoms with Gasteiger partial charge in [0.05, 0.1) is 0 Å². The summed E-state index contributed by atoms with van der Waals surface area (Å²) in [5, 5.41) is 0. The Morgan fingerprint density at radius 3 is 2.29 bits per heavy atom. The van der Waals surface area contributed by atoms with E-state index in [1.54, 1.807) is 13.0 Å². The van der Waals surface area contributed by atoms with E-state index in [1.165, 1.54) is 0 Å². The highest BCUT2D eigenvalue weighted by Gasteiger charge is 2.05. The maximum Gasteiger partial charge on any atom is 0.160 e. The molecule has 0 aliphatic rings. The molecule has 1 rings (SSSR count). The third kappa shape index (κ3) is 2.84. The van der Waals surface area contributed by atoms with Gasteiger partial charge in [-0.05, 0) is 25.0 Å². The van der Waals surface area contributed by atoms with Crippen molar-refractivity contribution in [3.8, 4) is 0 Å². The molecule has 0 amide bonds. The van der Waals surface area contributed by atoms with Crippen LogP contribution in [0.15, 0.2) is 24.8 Å². The Labute approximate surface area is 86.5 Å². The van der Waals surface area contributed by atoms with Gasteiger partial charge in [0.25, 0.3) is 0 Å². The minimum absolute atomic E-state index is 0.0913. The maximum atomic E-state index is 11.1. The maximum absolute atomic E-state index is 11.1. The van der Waals surface area contributed by atoms with Gasteiger partial charge in [0.1, 0.15) is 0 Å². The summed E-state index contributed by atoms with van der Waals surface area (Å²) >= 11 is 0. The molecule has 0 bridgehead atoms. The standard InChI is InChI=1S/C11H12O.C2H6/c1-4-10-8(2)6-5-7-11(10)9(3)12;1-2/h4-7H,1H2,2-3H3;1-2H3. The molecule has 0 aromatic heterocycles. The second-order valence-corrected chi connectivity index (χ2v) is 2.80. The van der Waals surface area contributed by atoms with E-state index in [9.17, 15) is 4.79 Å². The number of carbonyl (C=O) groups is 1. The highest BCUT2D eigenvalue weighted by molar-refractivity contribution is 5.98. The normalized spacial score (nSPS) is 8.57. The Balaban J connectivity index is 0.000000791. The second-order valence-electron chi connectivity index (χ2n) is 2.80. The van der Waals surface area contributed by atoms with Gasteiger partial charge in [-0.1, -0.05) is 44.7 Å². The van der Waals surface area contributed by atoms with Crippen molar-refractivity contribution in [2.24, 2.45) is 0 Å². The smallest absolute Gasteiger partial charge is 0.160 e. The van der Waals surface area contributed by atoms with E-state index < -0.39 is 0 Å². The van der Waals surface area contributed by atoms with Gasteiger partial charge in [-0.25, -0.2) is 0 Å². The topological polar surface area (TPSA) is 17.1 Å². The van der Waals surface area contributed by atoms with Crippen LogP contribution in [0.4, 0.5) is 0 Å². The van der Waals surface area contributed by atoms with Gasteiger partial charge in [0, 0.05) is 5.56 Å². The van der Waals surface area contributed by atoms with Crippen molar-refractivity contribution < 1.29 is 4.79 Å². The SMILES string of the molecule is C=Cc1c(C)cccc1C(C)=O.CC. The quantitative estimate of drug-likeness (QED) is 0.647. The fourth-order valence-electron chi connectivity index (χ4n) is 1.26. The zero-order valence-electron chi connectivity index (χ0n) is 9.42. The first-order chi connectivity index (χ1) is 6.66. The molecule has 1 aromatic carbocycles. The van der Waals surface area contributed by atoms with Gasteiger partial charge in [0.2, 0.25) is 0 Å². The van der Waals surface area contributed by atoms with E-state index >= 15 is 0 Å². The van der Waals surface area contributed by atoms with E-state index in [0.717, 1.165) is 16.7 Å². The lowest BCUT2D eigenvalue weighted by atomic mass is 10.00. The molecule has 0 N–H and O–H groups in total. The van der Waals surface area contributed by atoms with Gasteiger partial charge in [-0.3, -0.25) is 4.79 Å². The van der Waals surface area contributed by atoms with Crippen LogP contribution in [-0.4, -0.2) is 5.78 Å². The summed E-state index contributed by atoms with van der Waals surface area (Å²) in [6, 6.07) is 5.69. The number of hydrogen-bond acceptors (Lipinski definition) is 1. The number of ketones is 1. The van der Waals surface area contributed by atoms with Crippen LogP contribution in [0.2, 0.25) is 0 Å². The largest absolute Gasteiger partial charge is 0.294 e. The average Bonchev–Trinajstić information content (AvgIpc) is 2.20. The molecule has 0 atom stereocenters. The van der Waals surface area contributed by atoms with Gasteiger partial charge in [0.15, 0.2) is 5.78 Å². The first-order valence-corrected chi connectivity index (χ1v) is 4.90. The molecule has 1 aromatic rings. The van der Waals surface area contributed by atoms with E-state index in [2.05, 4.69) is 6.58 Å². The molecule has 1 heteroatoms. The van der Waals surface area contributed by atoms with Crippen molar-refractivity contribution >= 4 is 11.9 Å². The summed E-state index contributed by atoms with van der Waals surface area (Å²) in [7, 11) is 0. The van der Waals surface area contributed by atoms with Crippen molar-refractivity contribution in [1.29, 1.82) is 0 Å². The van der Waals surface area contributed by atoms with Crippen molar-refractivity contribution in [2.75, 3.05) is 0 Å². The predicted molar refractivity (Wildman–Crippen MR) is 62.6 cm³/mol. The van der Waals surface area contributed by atoms with Crippen LogP contribution >= 0.6 is 0 Å². The number of Topliss-reactive ketones (excluding diaryl/α,β-unsaturated/α-hetero) is 1. The molecule has 0 aliphatic carbocycles. The van der Waals surface area contributed by atoms with Crippen molar-refractivity contribution in [2.45, 2.75) is 27.7 Å². The van der Waals surface area contributed by atoms with E-state index in [0.29, 0.717) is 0 Å². The highest BCUT2D eigenvalue weighted by Crippen LogP contribution is 2.15. The Kier molecular flexibility index (Phi) is 5.54. The van der Waals surface area contributed by atoms with Gasteiger partial charge in [-0.15, -0.1) is 0 Å². The number of carbonyl (C=O) groups excluding carboxylic acids is 1. The second kappa shape index (κ2) is 6.14. The van der Waals surface area contributed by atoms with Gasteiger partial charge < -0.3 is 0 Å². The molecule has 0 saturated heterocycles. The third-order valence-corrected chi connectivity index (χ3v) is 1.91. The molecule has 1 nitrogen and oxygen atoms in total. The average molecular weight is 190 g/mol. The van der Waals surface area contributed by atoms with Crippen LogP contribution in [0, 0.1) is 6.92 Å². The van der Waals surface area contributed by atoms with Gasteiger partial charge >= 0.3 is 0 Å². The van der Waals surface area contributed by atoms with Crippen LogP contribution in [-0.2, 0) is 0 Å². The molecule has 0 aliphatic heterocycles. The summed E-state index contributed by atoms with van der Waals surface area (Å²) in [4.78, 5) is 11.1.